The molecule has 2 aromatic heterocycles. The number of thiophene rings is 1. The van der Waals surface area contributed by atoms with Gasteiger partial charge >= 0.3 is 0 Å². The van der Waals surface area contributed by atoms with E-state index >= 15 is 0 Å². The average Bonchev–Trinajstić information content (AvgIpc) is 2.65. The summed E-state index contributed by atoms with van der Waals surface area (Å²) in [4.78, 5) is 13.6. The summed E-state index contributed by atoms with van der Waals surface area (Å²) in [6.45, 7) is 6.26. The summed E-state index contributed by atoms with van der Waals surface area (Å²) >= 11 is 1.75. The predicted octanol–water partition coefficient (Wildman–Crippen LogP) is 2.24. The minimum absolute atomic E-state index is 0.267. The van der Waals surface area contributed by atoms with E-state index in [0.717, 1.165) is 36.6 Å². The Bertz CT molecular complexity index is 578. The van der Waals surface area contributed by atoms with Crippen molar-refractivity contribution in [1.29, 1.82) is 0 Å². The molecule has 0 aliphatic carbocycles. The summed E-state index contributed by atoms with van der Waals surface area (Å²) in [5.74, 6) is 1.07. The maximum absolute atomic E-state index is 6.07. The zero-order chi connectivity index (χ0) is 12.7. The van der Waals surface area contributed by atoms with Crippen molar-refractivity contribution in [2.24, 2.45) is 5.73 Å². The Morgan fingerprint density at radius 1 is 1.39 bits per heavy atom. The monoisotopic (exact) mass is 262 g/mol. The van der Waals surface area contributed by atoms with Gasteiger partial charge in [-0.15, -0.1) is 11.3 Å². The number of aromatic nitrogens is 2. The Balaban J connectivity index is 2.10. The summed E-state index contributed by atoms with van der Waals surface area (Å²) in [5.41, 5.74) is 7.38. The Morgan fingerprint density at radius 3 is 3.00 bits per heavy atom. The Labute approximate surface area is 111 Å². The first kappa shape index (κ1) is 11.9. The third-order valence-electron chi connectivity index (χ3n) is 3.70. The quantitative estimate of drug-likeness (QED) is 0.856. The second kappa shape index (κ2) is 4.48. The summed E-state index contributed by atoms with van der Waals surface area (Å²) in [7, 11) is 0. The molecule has 0 spiro atoms. The van der Waals surface area contributed by atoms with E-state index in [2.05, 4.69) is 28.7 Å². The van der Waals surface area contributed by atoms with Gasteiger partial charge < -0.3 is 10.6 Å². The van der Waals surface area contributed by atoms with E-state index in [1.54, 1.807) is 17.7 Å². The third-order valence-corrected chi connectivity index (χ3v) is 4.82. The van der Waals surface area contributed by atoms with Gasteiger partial charge in [-0.2, -0.15) is 0 Å². The molecule has 5 heteroatoms. The summed E-state index contributed by atoms with van der Waals surface area (Å²) in [6.07, 6.45) is 3.94. The molecule has 3 heterocycles. The number of fused-ring (bicyclic) bond motifs is 1. The van der Waals surface area contributed by atoms with Gasteiger partial charge in [-0.3, -0.25) is 0 Å². The van der Waals surface area contributed by atoms with Gasteiger partial charge in [0.1, 0.15) is 17.0 Å². The lowest BCUT2D eigenvalue weighted by atomic mass is 10.1. The van der Waals surface area contributed by atoms with Crippen molar-refractivity contribution in [3.63, 3.8) is 0 Å². The molecular weight excluding hydrogens is 244 g/mol. The minimum atomic E-state index is 0.267. The van der Waals surface area contributed by atoms with E-state index in [1.165, 1.54) is 15.8 Å². The van der Waals surface area contributed by atoms with E-state index in [1.807, 2.05) is 0 Å². The number of anilines is 1. The summed E-state index contributed by atoms with van der Waals surface area (Å²) in [5, 5.41) is 1.22. The molecule has 1 atom stereocenters. The zero-order valence-corrected chi connectivity index (χ0v) is 11.6. The molecule has 0 aromatic carbocycles. The highest BCUT2D eigenvalue weighted by Crippen LogP contribution is 2.34. The minimum Gasteiger partial charge on any atom is -0.354 e. The van der Waals surface area contributed by atoms with Crippen LogP contribution in [0, 0.1) is 13.8 Å². The van der Waals surface area contributed by atoms with Crippen LogP contribution in [0.25, 0.3) is 10.2 Å². The Morgan fingerprint density at radius 2 is 2.22 bits per heavy atom. The lowest BCUT2D eigenvalue weighted by Crippen LogP contribution is -2.43. The van der Waals surface area contributed by atoms with Crippen LogP contribution in [0.4, 0.5) is 5.82 Å². The van der Waals surface area contributed by atoms with E-state index in [-0.39, 0.29) is 6.04 Å². The second-order valence-electron chi connectivity index (χ2n) is 5.01. The topological polar surface area (TPSA) is 55.0 Å². The highest BCUT2D eigenvalue weighted by Gasteiger charge is 2.21. The Hall–Kier alpha value is -1.20. The van der Waals surface area contributed by atoms with E-state index in [4.69, 9.17) is 5.73 Å². The molecule has 2 N–H and O–H groups in total. The molecule has 0 radical (unpaired) electrons. The first-order chi connectivity index (χ1) is 8.66. The summed E-state index contributed by atoms with van der Waals surface area (Å²) < 4.78 is 0. The number of nitrogens with two attached hydrogens (primary N) is 1. The highest BCUT2D eigenvalue weighted by molar-refractivity contribution is 7.18. The number of hydrogen-bond donors (Lipinski definition) is 1. The number of hydrogen-bond acceptors (Lipinski definition) is 5. The number of nitrogens with zero attached hydrogens (tertiary/aromatic N) is 3. The maximum atomic E-state index is 6.07. The standard InChI is InChI=1S/C13H18N4S/c1-8-9(2)18-13-11(8)12(15-7-16-13)17-5-3-4-10(14)6-17/h7,10H,3-6,14H2,1-2H3. The molecular formula is C13H18N4S. The van der Waals surface area contributed by atoms with Crippen molar-refractivity contribution in [3.05, 3.63) is 16.8 Å². The normalized spacial score (nSPS) is 20.6. The fourth-order valence-corrected chi connectivity index (χ4v) is 3.60. The van der Waals surface area contributed by atoms with Gasteiger partial charge in [-0.25, -0.2) is 9.97 Å². The smallest absolute Gasteiger partial charge is 0.141 e. The first-order valence-electron chi connectivity index (χ1n) is 6.38. The van der Waals surface area contributed by atoms with Crippen LogP contribution in [0.2, 0.25) is 0 Å². The molecule has 1 fully saturated rings. The van der Waals surface area contributed by atoms with Crippen LogP contribution < -0.4 is 10.6 Å². The average molecular weight is 262 g/mol. The lowest BCUT2D eigenvalue weighted by molar-refractivity contribution is 0.504. The molecule has 1 saturated heterocycles. The van der Waals surface area contributed by atoms with Crippen molar-refractivity contribution in [3.8, 4) is 0 Å². The molecule has 3 rings (SSSR count). The number of piperidine rings is 1. The second-order valence-corrected chi connectivity index (χ2v) is 6.21. The molecule has 4 nitrogen and oxygen atoms in total. The fourth-order valence-electron chi connectivity index (χ4n) is 2.61. The zero-order valence-electron chi connectivity index (χ0n) is 10.8. The molecule has 1 unspecified atom stereocenters. The van der Waals surface area contributed by atoms with Gasteiger partial charge in [-0.05, 0) is 32.3 Å². The SMILES string of the molecule is Cc1sc2ncnc(N3CCCC(N)C3)c2c1C. The lowest BCUT2D eigenvalue weighted by Gasteiger charge is -2.32. The molecule has 96 valence electrons. The van der Waals surface area contributed by atoms with Crippen molar-refractivity contribution < 1.29 is 0 Å². The maximum Gasteiger partial charge on any atom is 0.141 e. The molecule has 1 aliphatic heterocycles. The van der Waals surface area contributed by atoms with Crippen LogP contribution in [-0.4, -0.2) is 29.1 Å². The largest absolute Gasteiger partial charge is 0.354 e. The molecule has 0 bridgehead atoms. The summed E-state index contributed by atoms with van der Waals surface area (Å²) in [6, 6.07) is 0.267. The van der Waals surface area contributed by atoms with Gasteiger partial charge in [0.25, 0.3) is 0 Å². The van der Waals surface area contributed by atoms with Crippen LogP contribution in [0.3, 0.4) is 0 Å². The highest BCUT2D eigenvalue weighted by atomic mass is 32.1. The molecule has 18 heavy (non-hydrogen) atoms. The van der Waals surface area contributed by atoms with Crippen LogP contribution in [-0.2, 0) is 0 Å². The van der Waals surface area contributed by atoms with Crippen LogP contribution in [0.1, 0.15) is 23.3 Å². The molecule has 0 saturated carbocycles. The van der Waals surface area contributed by atoms with Crippen LogP contribution in [0.5, 0.6) is 0 Å². The Kier molecular flexibility index (Phi) is 2.95. The molecule has 2 aromatic rings. The van der Waals surface area contributed by atoms with E-state index < -0.39 is 0 Å². The fraction of sp³-hybridized carbons (Fsp3) is 0.538. The van der Waals surface area contributed by atoms with E-state index in [9.17, 15) is 0 Å². The van der Waals surface area contributed by atoms with Gasteiger partial charge in [0, 0.05) is 24.0 Å². The number of aryl methyl sites for hydroxylation is 2. The van der Waals surface area contributed by atoms with Crippen molar-refractivity contribution in [2.75, 3.05) is 18.0 Å². The van der Waals surface area contributed by atoms with Crippen molar-refractivity contribution in [2.45, 2.75) is 32.7 Å². The molecule has 1 aliphatic rings. The van der Waals surface area contributed by atoms with Crippen molar-refractivity contribution >= 4 is 27.4 Å². The van der Waals surface area contributed by atoms with Gasteiger partial charge in [-0.1, -0.05) is 0 Å². The predicted molar refractivity (Wildman–Crippen MR) is 76.3 cm³/mol. The van der Waals surface area contributed by atoms with E-state index in [0.29, 0.717) is 0 Å². The van der Waals surface area contributed by atoms with Gasteiger partial charge in [0.2, 0.25) is 0 Å². The van der Waals surface area contributed by atoms with Crippen molar-refractivity contribution in [1.82, 2.24) is 9.97 Å². The molecule has 0 amide bonds. The first-order valence-corrected chi connectivity index (χ1v) is 7.19. The number of rotatable bonds is 1. The van der Waals surface area contributed by atoms with Gasteiger partial charge in [0.05, 0.1) is 5.39 Å². The van der Waals surface area contributed by atoms with Gasteiger partial charge in [0.15, 0.2) is 0 Å². The third kappa shape index (κ3) is 1.87. The van der Waals surface area contributed by atoms with Crippen LogP contribution >= 0.6 is 11.3 Å². The van der Waals surface area contributed by atoms with Crippen LogP contribution in [0.15, 0.2) is 6.33 Å².